The molecule has 3 aromatic rings. The lowest BCUT2D eigenvalue weighted by Gasteiger charge is -2.31. The first-order valence-electron chi connectivity index (χ1n) is 11.7. The standard InChI is InChI=1S/C26H31N3O4/c1-2-32-16-6-13-27-24(30)17-19-11-14-29(15-12-19)26(31)21-9-10-22-23(18-21)33-25(28-22)20-7-4-3-5-8-20/h3-5,7-10,18-19H,2,6,11-17H2,1H3,(H,27,30). The monoisotopic (exact) mass is 449 g/mol. The molecule has 1 saturated heterocycles. The van der Waals surface area contributed by atoms with Crippen LogP contribution >= 0.6 is 0 Å². The van der Waals surface area contributed by atoms with E-state index in [4.69, 9.17) is 9.15 Å². The molecule has 7 nitrogen and oxygen atoms in total. The van der Waals surface area contributed by atoms with E-state index in [2.05, 4.69) is 10.3 Å². The Morgan fingerprint density at radius 1 is 1.15 bits per heavy atom. The van der Waals surface area contributed by atoms with Crippen molar-refractivity contribution in [1.29, 1.82) is 0 Å². The van der Waals surface area contributed by atoms with E-state index >= 15 is 0 Å². The summed E-state index contributed by atoms with van der Waals surface area (Å²) >= 11 is 0. The number of amides is 2. The minimum atomic E-state index is -0.00612. The molecule has 2 amide bonds. The molecule has 33 heavy (non-hydrogen) atoms. The van der Waals surface area contributed by atoms with Gasteiger partial charge in [-0.3, -0.25) is 9.59 Å². The first-order valence-corrected chi connectivity index (χ1v) is 11.7. The van der Waals surface area contributed by atoms with E-state index in [1.54, 1.807) is 6.07 Å². The van der Waals surface area contributed by atoms with Gasteiger partial charge in [-0.1, -0.05) is 18.2 Å². The van der Waals surface area contributed by atoms with Crippen LogP contribution in [0.15, 0.2) is 52.9 Å². The zero-order valence-electron chi connectivity index (χ0n) is 19.1. The topological polar surface area (TPSA) is 84.7 Å². The Morgan fingerprint density at radius 3 is 2.70 bits per heavy atom. The molecule has 1 N–H and O–H groups in total. The zero-order chi connectivity index (χ0) is 23.0. The first-order chi connectivity index (χ1) is 16.1. The van der Waals surface area contributed by atoms with Gasteiger partial charge in [0.25, 0.3) is 5.91 Å². The highest BCUT2D eigenvalue weighted by atomic mass is 16.5. The van der Waals surface area contributed by atoms with Crippen molar-refractivity contribution in [2.75, 3.05) is 32.8 Å². The number of aromatic nitrogens is 1. The predicted molar refractivity (Wildman–Crippen MR) is 127 cm³/mol. The van der Waals surface area contributed by atoms with Crippen molar-refractivity contribution < 1.29 is 18.7 Å². The summed E-state index contributed by atoms with van der Waals surface area (Å²) in [5.74, 6) is 0.938. The van der Waals surface area contributed by atoms with Gasteiger partial charge in [-0.05, 0) is 62.4 Å². The third-order valence-electron chi connectivity index (χ3n) is 6.02. The maximum absolute atomic E-state index is 13.0. The third-order valence-corrected chi connectivity index (χ3v) is 6.02. The van der Waals surface area contributed by atoms with Crippen molar-refractivity contribution in [2.24, 2.45) is 5.92 Å². The van der Waals surface area contributed by atoms with Crippen LogP contribution in [0.1, 0.15) is 43.0 Å². The van der Waals surface area contributed by atoms with E-state index < -0.39 is 0 Å². The molecule has 1 aliphatic heterocycles. The minimum absolute atomic E-state index is 0.00612. The molecule has 0 atom stereocenters. The van der Waals surface area contributed by atoms with Gasteiger partial charge in [0.15, 0.2) is 5.58 Å². The molecular formula is C26H31N3O4. The average Bonchev–Trinajstić information content (AvgIpc) is 3.28. The van der Waals surface area contributed by atoms with Crippen LogP contribution in [-0.2, 0) is 9.53 Å². The molecule has 1 aromatic heterocycles. The number of carbonyl (C=O) groups is 2. The molecule has 7 heteroatoms. The van der Waals surface area contributed by atoms with E-state index in [0.717, 1.165) is 30.3 Å². The van der Waals surface area contributed by atoms with Crippen LogP contribution in [0.25, 0.3) is 22.6 Å². The van der Waals surface area contributed by atoms with Crippen molar-refractivity contribution in [1.82, 2.24) is 15.2 Å². The Morgan fingerprint density at radius 2 is 1.94 bits per heavy atom. The van der Waals surface area contributed by atoms with Gasteiger partial charge in [-0.15, -0.1) is 0 Å². The van der Waals surface area contributed by atoms with Crippen LogP contribution in [0.3, 0.4) is 0 Å². The number of ether oxygens (including phenoxy) is 1. The Kier molecular flexibility index (Phi) is 7.73. The molecule has 1 aliphatic rings. The van der Waals surface area contributed by atoms with Gasteiger partial charge in [0.1, 0.15) is 5.52 Å². The van der Waals surface area contributed by atoms with Crippen LogP contribution in [0.4, 0.5) is 0 Å². The molecule has 0 radical (unpaired) electrons. The van der Waals surface area contributed by atoms with Gasteiger partial charge < -0.3 is 19.4 Å². The van der Waals surface area contributed by atoms with Gasteiger partial charge in [0.05, 0.1) is 0 Å². The summed E-state index contributed by atoms with van der Waals surface area (Å²) in [5, 5.41) is 2.96. The molecular weight excluding hydrogens is 418 g/mol. The quantitative estimate of drug-likeness (QED) is 0.493. The number of fused-ring (bicyclic) bond motifs is 1. The van der Waals surface area contributed by atoms with Crippen LogP contribution in [-0.4, -0.2) is 54.5 Å². The number of nitrogens with one attached hydrogen (secondary N) is 1. The normalized spacial score (nSPS) is 14.5. The largest absolute Gasteiger partial charge is 0.436 e. The lowest BCUT2D eigenvalue weighted by molar-refractivity contribution is -0.122. The fraction of sp³-hybridized carbons (Fsp3) is 0.423. The second-order valence-electron chi connectivity index (χ2n) is 8.41. The maximum atomic E-state index is 13.0. The van der Waals surface area contributed by atoms with E-state index in [0.29, 0.717) is 62.2 Å². The number of likely N-dealkylation sites (tertiary alicyclic amines) is 1. The first kappa shape index (κ1) is 23.0. The molecule has 0 spiro atoms. The van der Waals surface area contributed by atoms with E-state index in [-0.39, 0.29) is 11.8 Å². The summed E-state index contributed by atoms with van der Waals surface area (Å²) in [6, 6.07) is 15.1. The van der Waals surface area contributed by atoms with Crippen LogP contribution in [0, 0.1) is 5.92 Å². The second-order valence-corrected chi connectivity index (χ2v) is 8.41. The number of hydrogen-bond acceptors (Lipinski definition) is 5. The summed E-state index contributed by atoms with van der Waals surface area (Å²) in [4.78, 5) is 31.6. The molecule has 0 bridgehead atoms. The van der Waals surface area contributed by atoms with Crippen molar-refractivity contribution >= 4 is 22.9 Å². The van der Waals surface area contributed by atoms with Gasteiger partial charge in [-0.2, -0.15) is 0 Å². The molecule has 0 unspecified atom stereocenters. The molecule has 4 rings (SSSR count). The summed E-state index contributed by atoms with van der Waals surface area (Å²) in [7, 11) is 0. The SMILES string of the molecule is CCOCCCNC(=O)CC1CCN(C(=O)c2ccc3nc(-c4ccccc4)oc3c2)CC1. The lowest BCUT2D eigenvalue weighted by Crippen LogP contribution is -2.39. The predicted octanol–water partition coefficient (Wildman–Crippen LogP) is 4.28. The zero-order valence-corrected chi connectivity index (χ0v) is 19.1. The maximum Gasteiger partial charge on any atom is 0.253 e. The van der Waals surface area contributed by atoms with Gasteiger partial charge in [0, 0.05) is 50.4 Å². The van der Waals surface area contributed by atoms with Crippen molar-refractivity contribution in [3.05, 3.63) is 54.1 Å². The van der Waals surface area contributed by atoms with Crippen molar-refractivity contribution in [3.8, 4) is 11.5 Å². The van der Waals surface area contributed by atoms with E-state index in [1.807, 2.05) is 54.3 Å². The number of nitrogens with zero attached hydrogens (tertiary/aromatic N) is 2. The Hall–Kier alpha value is -3.19. The Labute approximate surface area is 194 Å². The molecule has 1 fully saturated rings. The summed E-state index contributed by atoms with van der Waals surface area (Å²) in [6.07, 6.45) is 3.01. The van der Waals surface area contributed by atoms with Crippen LogP contribution in [0.5, 0.6) is 0 Å². The summed E-state index contributed by atoms with van der Waals surface area (Å²) < 4.78 is 11.2. The summed E-state index contributed by atoms with van der Waals surface area (Å²) in [6.45, 7) is 5.29. The van der Waals surface area contributed by atoms with E-state index in [9.17, 15) is 9.59 Å². The Balaban J connectivity index is 1.29. The van der Waals surface area contributed by atoms with Gasteiger partial charge >= 0.3 is 0 Å². The number of carbonyl (C=O) groups excluding carboxylic acids is 2. The number of oxazole rings is 1. The van der Waals surface area contributed by atoms with Crippen molar-refractivity contribution in [2.45, 2.75) is 32.6 Å². The van der Waals surface area contributed by atoms with Gasteiger partial charge in [0.2, 0.25) is 11.8 Å². The smallest absolute Gasteiger partial charge is 0.253 e. The van der Waals surface area contributed by atoms with Gasteiger partial charge in [-0.25, -0.2) is 4.98 Å². The number of rotatable bonds is 9. The highest BCUT2D eigenvalue weighted by Gasteiger charge is 2.25. The fourth-order valence-corrected chi connectivity index (χ4v) is 4.17. The molecule has 0 saturated carbocycles. The molecule has 174 valence electrons. The number of piperidine rings is 1. The fourth-order valence-electron chi connectivity index (χ4n) is 4.17. The third kappa shape index (κ3) is 5.99. The average molecular weight is 450 g/mol. The minimum Gasteiger partial charge on any atom is -0.436 e. The number of benzene rings is 2. The second kappa shape index (κ2) is 11.1. The van der Waals surface area contributed by atoms with Crippen LogP contribution < -0.4 is 5.32 Å². The molecule has 2 heterocycles. The van der Waals surface area contributed by atoms with Crippen LogP contribution in [0.2, 0.25) is 0 Å². The Bertz CT molecular complexity index is 1070. The van der Waals surface area contributed by atoms with Crippen molar-refractivity contribution in [3.63, 3.8) is 0 Å². The summed E-state index contributed by atoms with van der Waals surface area (Å²) in [5.41, 5.74) is 2.85. The lowest BCUT2D eigenvalue weighted by atomic mass is 9.93. The number of hydrogen-bond donors (Lipinski definition) is 1. The van der Waals surface area contributed by atoms with E-state index in [1.165, 1.54) is 0 Å². The highest BCUT2D eigenvalue weighted by molar-refractivity contribution is 5.97. The molecule has 2 aromatic carbocycles. The highest BCUT2D eigenvalue weighted by Crippen LogP contribution is 2.26. The molecule has 0 aliphatic carbocycles.